The van der Waals surface area contributed by atoms with Crippen molar-refractivity contribution in [2.24, 2.45) is 0 Å². The molecule has 3 N–H and O–H groups in total. The molecule has 1 unspecified atom stereocenters. The van der Waals surface area contributed by atoms with Gasteiger partial charge in [0, 0.05) is 18.3 Å². The average molecular weight is 226 g/mol. The molecule has 2 heteroatoms. The van der Waals surface area contributed by atoms with Gasteiger partial charge in [-0.15, -0.1) is 0 Å². The van der Waals surface area contributed by atoms with Gasteiger partial charge in [0.05, 0.1) is 0 Å². The van der Waals surface area contributed by atoms with Crippen LogP contribution in [0.2, 0.25) is 0 Å². The molecule has 0 aromatic heterocycles. The van der Waals surface area contributed by atoms with Gasteiger partial charge in [-0.25, -0.2) is 0 Å². The fourth-order valence-corrected chi connectivity index (χ4v) is 1.77. The Morgan fingerprint density at radius 3 is 2.29 bits per heavy atom. The summed E-state index contributed by atoms with van der Waals surface area (Å²) in [5, 5.41) is 3.49. The molecule has 0 heterocycles. The Balaban J connectivity index is 1.93. The zero-order chi connectivity index (χ0) is 12.1. The van der Waals surface area contributed by atoms with Crippen molar-refractivity contribution < 1.29 is 0 Å². The lowest BCUT2D eigenvalue weighted by Gasteiger charge is -2.14. The summed E-state index contributed by atoms with van der Waals surface area (Å²) in [5.41, 5.74) is 9.04. The number of anilines is 1. The molecule has 0 aliphatic carbocycles. The highest BCUT2D eigenvalue weighted by Crippen LogP contribution is 2.14. The van der Waals surface area contributed by atoms with Gasteiger partial charge in [-0.2, -0.15) is 0 Å². The quantitative estimate of drug-likeness (QED) is 0.786. The van der Waals surface area contributed by atoms with Gasteiger partial charge in [0.25, 0.3) is 0 Å². The highest BCUT2D eigenvalue weighted by Gasteiger charge is 2.03. The maximum Gasteiger partial charge on any atom is 0.0314 e. The Bertz CT molecular complexity index is 448. The minimum Gasteiger partial charge on any atom is -0.399 e. The van der Waals surface area contributed by atoms with E-state index in [1.54, 1.807) is 0 Å². The predicted octanol–water partition coefficient (Wildman–Crippen LogP) is 3.12. The molecule has 88 valence electrons. The smallest absolute Gasteiger partial charge is 0.0314 e. The molecule has 0 radical (unpaired) electrons. The number of nitrogens with one attached hydrogen (secondary N) is 1. The number of nitrogen functional groups attached to an aromatic ring is 1. The van der Waals surface area contributed by atoms with E-state index in [1.165, 1.54) is 11.1 Å². The van der Waals surface area contributed by atoms with E-state index >= 15 is 0 Å². The maximum atomic E-state index is 5.67. The predicted molar refractivity (Wildman–Crippen MR) is 72.6 cm³/mol. The van der Waals surface area contributed by atoms with Gasteiger partial charge in [-0.1, -0.05) is 42.5 Å². The molecule has 0 aliphatic heterocycles. The molecule has 0 bridgehead atoms. The van der Waals surface area contributed by atoms with Crippen LogP contribution in [0.1, 0.15) is 24.1 Å². The first kappa shape index (κ1) is 11.7. The Kier molecular flexibility index (Phi) is 3.78. The fraction of sp³-hybridized carbons (Fsp3) is 0.200. The van der Waals surface area contributed by atoms with Crippen molar-refractivity contribution in [1.29, 1.82) is 0 Å². The third-order valence-corrected chi connectivity index (χ3v) is 2.89. The number of hydrogen-bond donors (Lipinski definition) is 2. The van der Waals surface area contributed by atoms with Crippen molar-refractivity contribution in [1.82, 2.24) is 5.32 Å². The summed E-state index contributed by atoms with van der Waals surface area (Å²) in [6.07, 6.45) is 0. The molecule has 2 rings (SSSR count). The van der Waals surface area contributed by atoms with Gasteiger partial charge >= 0.3 is 0 Å². The Hall–Kier alpha value is -1.80. The molecule has 0 aliphatic rings. The molecular weight excluding hydrogens is 208 g/mol. The number of rotatable bonds is 4. The zero-order valence-corrected chi connectivity index (χ0v) is 10.1. The second-order valence-corrected chi connectivity index (χ2v) is 4.25. The normalized spacial score (nSPS) is 12.3. The summed E-state index contributed by atoms with van der Waals surface area (Å²) in [7, 11) is 0. The molecule has 2 aromatic carbocycles. The third kappa shape index (κ3) is 3.33. The maximum absolute atomic E-state index is 5.67. The molecule has 0 saturated heterocycles. The van der Waals surface area contributed by atoms with E-state index in [0.717, 1.165) is 12.2 Å². The van der Waals surface area contributed by atoms with E-state index < -0.39 is 0 Å². The van der Waals surface area contributed by atoms with E-state index in [-0.39, 0.29) is 0 Å². The number of nitrogens with two attached hydrogens (primary N) is 1. The molecule has 0 spiro atoms. The van der Waals surface area contributed by atoms with Crippen molar-refractivity contribution in [2.45, 2.75) is 19.5 Å². The van der Waals surface area contributed by atoms with Gasteiger partial charge in [0.15, 0.2) is 0 Å². The van der Waals surface area contributed by atoms with Crippen molar-refractivity contribution in [3.63, 3.8) is 0 Å². The number of benzene rings is 2. The van der Waals surface area contributed by atoms with Crippen LogP contribution in [0.25, 0.3) is 0 Å². The highest BCUT2D eigenvalue weighted by atomic mass is 14.9. The summed E-state index contributed by atoms with van der Waals surface area (Å²) in [5.74, 6) is 0. The monoisotopic (exact) mass is 226 g/mol. The lowest BCUT2D eigenvalue weighted by molar-refractivity contribution is 0.575. The second-order valence-electron chi connectivity index (χ2n) is 4.25. The van der Waals surface area contributed by atoms with Crippen molar-refractivity contribution in [3.8, 4) is 0 Å². The van der Waals surface area contributed by atoms with Gasteiger partial charge in [-0.05, 0) is 30.2 Å². The largest absolute Gasteiger partial charge is 0.399 e. The van der Waals surface area contributed by atoms with Crippen molar-refractivity contribution in [2.75, 3.05) is 5.73 Å². The van der Waals surface area contributed by atoms with Crippen LogP contribution in [-0.4, -0.2) is 0 Å². The minimum absolute atomic E-state index is 0.329. The van der Waals surface area contributed by atoms with Gasteiger partial charge in [-0.3, -0.25) is 0 Å². The zero-order valence-electron chi connectivity index (χ0n) is 10.1. The Labute approximate surface area is 102 Å². The third-order valence-electron chi connectivity index (χ3n) is 2.89. The van der Waals surface area contributed by atoms with Crippen LogP contribution in [0.15, 0.2) is 54.6 Å². The SMILES string of the molecule is CC(NCc1ccccc1)c1ccc(N)cc1. The summed E-state index contributed by atoms with van der Waals surface area (Å²) in [4.78, 5) is 0. The van der Waals surface area contributed by atoms with Crippen molar-refractivity contribution in [3.05, 3.63) is 65.7 Å². The van der Waals surface area contributed by atoms with E-state index in [0.29, 0.717) is 6.04 Å². The van der Waals surface area contributed by atoms with Gasteiger partial charge < -0.3 is 11.1 Å². The molecule has 0 amide bonds. The van der Waals surface area contributed by atoms with Crippen LogP contribution in [0.4, 0.5) is 5.69 Å². The first-order valence-electron chi connectivity index (χ1n) is 5.88. The molecule has 17 heavy (non-hydrogen) atoms. The van der Waals surface area contributed by atoms with Crippen LogP contribution in [0.5, 0.6) is 0 Å². The molecule has 0 fully saturated rings. The van der Waals surface area contributed by atoms with E-state index in [4.69, 9.17) is 5.73 Å². The lowest BCUT2D eigenvalue weighted by Crippen LogP contribution is -2.17. The summed E-state index contributed by atoms with van der Waals surface area (Å²) < 4.78 is 0. The van der Waals surface area contributed by atoms with E-state index in [2.05, 4.69) is 48.6 Å². The Morgan fingerprint density at radius 2 is 1.65 bits per heavy atom. The lowest BCUT2D eigenvalue weighted by atomic mass is 10.1. The molecular formula is C15H18N2. The molecule has 2 nitrogen and oxygen atoms in total. The molecule has 1 atom stereocenters. The van der Waals surface area contributed by atoms with Crippen LogP contribution < -0.4 is 11.1 Å². The van der Waals surface area contributed by atoms with Gasteiger partial charge in [0.1, 0.15) is 0 Å². The molecule has 2 aromatic rings. The number of hydrogen-bond acceptors (Lipinski definition) is 2. The Morgan fingerprint density at radius 1 is 1.00 bits per heavy atom. The topological polar surface area (TPSA) is 38.0 Å². The van der Waals surface area contributed by atoms with E-state index in [9.17, 15) is 0 Å². The van der Waals surface area contributed by atoms with Crippen LogP contribution in [0.3, 0.4) is 0 Å². The first-order valence-corrected chi connectivity index (χ1v) is 5.88. The average Bonchev–Trinajstić information content (AvgIpc) is 2.38. The van der Waals surface area contributed by atoms with Crippen molar-refractivity contribution >= 4 is 5.69 Å². The fourth-order valence-electron chi connectivity index (χ4n) is 1.77. The highest BCUT2D eigenvalue weighted by molar-refractivity contribution is 5.40. The van der Waals surface area contributed by atoms with Crippen LogP contribution in [0, 0.1) is 0 Å². The van der Waals surface area contributed by atoms with Crippen LogP contribution in [-0.2, 0) is 6.54 Å². The second kappa shape index (κ2) is 5.51. The first-order chi connectivity index (χ1) is 8.25. The summed E-state index contributed by atoms with van der Waals surface area (Å²) in [6.45, 7) is 3.04. The van der Waals surface area contributed by atoms with E-state index in [1.807, 2.05) is 18.2 Å². The minimum atomic E-state index is 0.329. The summed E-state index contributed by atoms with van der Waals surface area (Å²) in [6, 6.07) is 18.8. The molecule has 0 saturated carbocycles. The summed E-state index contributed by atoms with van der Waals surface area (Å²) >= 11 is 0. The standard InChI is InChI=1S/C15H18N2/c1-12(14-7-9-15(16)10-8-14)17-11-13-5-3-2-4-6-13/h2-10,12,17H,11,16H2,1H3. The van der Waals surface area contributed by atoms with Crippen LogP contribution >= 0.6 is 0 Å². The van der Waals surface area contributed by atoms with Gasteiger partial charge in [0.2, 0.25) is 0 Å².